The molecule has 110 valence electrons. The van der Waals surface area contributed by atoms with Gasteiger partial charge in [-0.15, -0.1) is 0 Å². The van der Waals surface area contributed by atoms with E-state index in [1.165, 1.54) is 0 Å². The number of ketones is 1. The summed E-state index contributed by atoms with van der Waals surface area (Å²) in [5.74, 6) is 1.20. The van der Waals surface area contributed by atoms with Gasteiger partial charge >= 0.3 is 5.97 Å². The topological polar surface area (TPSA) is 43.4 Å². The molecule has 3 saturated carbocycles. The van der Waals surface area contributed by atoms with Crippen LogP contribution in [0.4, 0.5) is 0 Å². The first-order valence-corrected chi connectivity index (χ1v) is 7.86. The van der Waals surface area contributed by atoms with Gasteiger partial charge in [-0.1, -0.05) is 25.1 Å². The zero-order valence-corrected chi connectivity index (χ0v) is 12.2. The molecule has 3 nitrogen and oxygen atoms in total. The van der Waals surface area contributed by atoms with E-state index in [4.69, 9.17) is 4.74 Å². The van der Waals surface area contributed by atoms with Crippen LogP contribution in [0.25, 0.3) is 0 Å². The summed E-state index contributed by atoms with van der Waals surface area (Å²) >= 11 is 0. The molecular formula is C18H20O3. The van der Waals surface area contributed by atoms with Gasteiger partial charge in [-0.3, -0.25) is 4.79 Å². The molecule has 3 aliphatic carbocycles. The first-order chi connectivity index (χ1) is 10.1. The number of carbonyl (C=O) groups is 2. The van der Waals surface area contributed by atoms with Gasteiger partial charge in [0.1, 0.15) is 11.9 Å². The van der Waals surface area contributed by atoms with E-state index in [0.29, 0.717) is 23.2 Å². The molecular weight excluding hydrogens is 264 g/mol. The van der Waals surface area contributed by atoms with Gasteiger partial charge in [0, 0.05) is 12.3 Å². The highest BCUT2D eigenvalue weighted by Crippen LogP contribution is 2.63. The van der Waals surface area contributed by atoms with Gasteiger partial charge < -0.3 is 4.74 Å². The van der Waals surface area contributed by atoms with Gasteiger partial charge in [0.2, 0.25) is 0 Å². The maximum Gasteiger partial charge on any atom is 0.338 e. The van der Waals surface area contributed by atoms with Crippen molar-refractivity contribution in [3.05, 3.63) is 35.9 Å². The summed E-state index contributed by atoms with van der Waals surface area (Å²) in [6, 6.07) is 9.13. The molecule has 3 fully saturated rings. The third-order valence-corrected chi connectivity index (χ3v) is 6.12. The van der Waals surface area contributed by atoms with E-state index in [0.717, 1.165) is 25.7 Å². The third kappa shape index (κ3) is 1.86. The number of esters is 1. The fraction of sp³-hybridized carbons (Fsp3) is 0.556. The van der Waals surface area contributed by atoms with Crippen molar-refractivity contribution in [1.29, 1.82) is 0 Å². The van der Waals surface area contributed by atoms with Gasteiger partial charge in [0.25, 0.3) is 0 Å². The number of hydrogen-bond donors (Lipinski definition) is 0. The van der Waals surface area contributed by atoms with Crippen LogP contribution in [-0.2, 0) is 9.53 Å². The minimum atomic E-state index is -0.251. The fourth-order valence-corrected chi connectivity index (χ4v) is 4.98. The molecule has 21 heavy (non-hydrogen) atoms. The second-order valence-electron chi connectivity index (χ2n) is 7.17. The monoisotopic (exact) mass is 284 g/mol. The third-order valence-electron chi connectivity index (χ3n) is 6.12. The minimum Gasteiger partial charge on any atom is -0.458 e. The molecule has 0 unspecified atom stereocenters. The lowest BCUT2D eigenvalue weighted by Gasteiger charge is -2.38. The van der Waals surface area contributed by atoms with Crippen molar-refractivity contribution in [3.63, 3.8) is 0 Å². The van der Waals surface area contributed by atoms with E-state index in [-0.39, 0.29) is 23.4 Å². The van der Waals surface area contributed by atoms with E-state index in [1.54, 1.807) is 12.1 Å². The zero-order valence-electron chi connectivity index (χ0n) is 12.2. The van der Waals surface area contributed by atoms with Gasteiger partial charge in [-0.05, 0) is 48.6 Å². The normalized spacial score (nSPS) is 40.3. The molecule has 0 N–H and O–H groups in total. The molecule has 1 aromatic rings. The smallest absolute Gasteiger partial charge is 0.338 e. The van der Waals surface area contributed by atoms with E-state index in [2.05, 4.69) is 6.92 Å². The van der Waals surface area contributed by atoms with E-state index < -0.39 is 0 Å². The van der Waals surface area contributed by atoms with Crippen LogP contribution >= 0.6 is 0 Å². The number of hydrogen-bond acceptors (Lipinski definition) is 3. The van der Waals surface area contributed by atoms with Crippen molar-refractivity contribution in [2.75, 3.05) is 0 Å². The Morgan fingerprint density at radius 1 is 1.24 bits per heavy atom. The van der Waals surface area contributed by atoms with Gasteiger partial charge in [-0.25, -0.2) is 4.79 Å². The zero-order chi connectivity index (χ0) is 14.6. The van der Waals surface area contributed by atoms with Crippen LogP contribution in [0.2, 0.25) is 0 Å². The summed E-state index contributed by atoms with van der Waals surface area (Å²) in [4.78, 5) is 24.5. The van der Waals surface area contributed by atoms with Crippen molar-refractivity contribution >= 4 is 11.8 Å². The summed E-state index contributed by atoms with van der Waals surface area (Å²) in [5, 5.41) is 0. The fourth-order valence-electron chi connectivity index (χ4n) is 4.98. The first-order valence-electron chi connectivity index (χ1n) is 7.86. The average molecular weight is 284 g/mol. The SMILES string of the molecule is C[C@]12C[C@@H]3C[C@H]1CC(=O)[C@H]2C[C@H]3OC(=O)c1ccccc1. The maximum atomic E-state index is 12.2. The van der Waals surface area contributed by atoms with Crippen LogP contribution < -0.4 is 0 Å². The number of rotatable bonds is 2. The molecule has 5 atom stereocenters. The lowest BCUT2D eigenvalue weighted by Crippen LogP contribution is -2.39. The van der Waals surface area contributed by atoms with Gasteiger partial charge in [0.05, 0.1) is 5.56 Å². The molecule has 0 radical (unpaired) electrons. The Morgan fingerprint density at radius 3 is 2.76 bits per heavy atom. The quantitative estimate of drug-likeness (QED) is 0.783. The molecule has 0 aliphatic heterocycles. The lowest BCUT2D eigenvalue weighted by atomic mass is 9.68. The largest absolute Gasteiger partial charge is 0.458 e. The summed E-state index contributed by atoms with van der Waals surface area (Å²) < 4.78 is 5.76. The standard InChI is InChI=1S/C18H20O3/c1-18-10-12-7-13(18)8-15(19)14(18)9-16(12)21-17(20)11-5-3-2-4-6-11/h2-6,12-14,16H,7-10H2,1H3/t12-,13-,14+,16+,18-/m0/s1. The van der Waals surface area contributed by atoms with Crippen molar-refractivity contribution in [3.8, 4) is 0 Å². The highest BCUT2D eigenvalue weighted by molar-refractivity contribution is 5.89. The van der Waals surface area contributed by atoms with Crippen molar-refractivity contribution in [1.82, 2.24) is 0 Å². The van der Waals surface area contributed by atoms with Crippen LogP contribution in [0.5, 0.6) is 0 Å². The molecule has 0 aromatic heterocycles. The maximum absolute atomic E-state index is 12.2. The molecule has 1 aromatic carbocycles. The highest BCUT2D eigenvalue weighted by atomic mass is 16.5. The van der Waals surface area contributed by atoms with Crippen molar-refractivity contribution in [2.45, 2.75) is 38.7 Å². The van der Waals surface area contributed by atoms with Gasteiger partial charge in [0.15, 0.2) is 0 Å². The Morgan fingerprint density at radius 2 is 2.00 bits per heavy atom. The lowest BCUT2D eigenvalue weighted by molar-refractivity contribution is -0.126. The minimum absolute atomic E-state index is 0.0787. The van der Waals surface area contributed by atoms with Gasteiger partial charge in [-0.2, -0.15) is 0 Å². The van der Waals surface area contributed by atoms with Crippen LogP contribution in [0, 0.1) is 23.2 Å². The molecule has 0 heterocycles. The Hall–Kier alpha value is -1.64. The molecule has 0 saturated heterocycles. The molecule has 3 heteroatoms. The molecule has 0 spiro atoms. The Labute approximate surface area is 124 Å². The Kier molecular flexibility index (Phi) is 2.75. The second kappa shape index (κ2) is 4.43. The average Bonchev–Trinajstić information content (AvgIpc) is 2.88. The highest BCUT2D eigenvalue weighted by Gasteiger charge is 2.62. The van der Waals surface area contributed by atoms with E-state index >= 15 is 0 Å². The van der Waals surface area contributed by atoms with Crippen molar-refractivity contribution < 1.29 is 14.3 Å². The number of ether oxygens (including phenoxy) is 1. The molecule has 0 amide bonds. The Bertz CT molecular complexity index is 594. The van der Waals surface area contributed by atoms with Crippen LogP contribution in [0.1, 0.15) is 43.0 Å². The predicted molar refractivity (Wildman–Crippen MR) is 77.7 cm³/mol. The predicted octanol–water partition coefficient (Wildman–Crippen LogP) is 3.24. The summed E-state index contributed by atoms with van der Waals surface area (Å²) in [5.41, 5.74) is 0.775. The molecule has 3 aliphatic rings. The number of Topliss-reactive ketones (excluding diaryl/α,β-unsaturated/α-hetero) is 1. The van der Waals surface area contributed by atoms with Crippen molar-refractivity contribution in [2.24, 2.45) is 23.2 Å². The second-order valence-corrected chi connectivity index (χ2v) is 7.17. The molecule has 2 bridgehead atoms. The summed E-state index contributed by atoms with van der Waals surface area (Å²) in [6.45, 7) is 2.27. The first kappa shape index (κ1) is 13.1. The number of carbonyl (C=O) groups excluding carboxylic acids is 2. The summed E-state index contributed by atoms with van der Waals surface area (Å²) in [6.07, 6.45) is 3.49. The van der Waals surface area contributed by atoms with Crippen LogP contribution in [0.15, 0.2) is 30.3 Å². The Balaban J connectivity index is 1.53. The molecule has 4 rings (SSSR count). The van der Waals surface area contributed by atoms with E-state index in [9.17, 15) is 9.59 Å². The van der Waals surface area contributed by atoms with Crippen LogP contribution in [0.3, 0.4) is 0 Å². The number of fused-ring (bicyclic) bond motifs is 1. The number of benzene rings is 1. The summed E-state index contributed by atoms with van der Waals surface area (Å²) in [7, 11) is 0. The van der Waals surface area contributed by atoms with Crippen LogP contribution in [-0.4, -0.2) is 17.9 Å². The van der Waals surface area contributed by atoms with E-state index in [1.807, 2.05) is 18.2 Å².